The van der Waals surface area contributed by atoms with E-state index in [0.29, 0.717) is 25.4 Å². The third-order valence-corrected chi connectivity index (χ3v) is 1.76. The third-order valence-electron chi connectivity index (χ3n) is 1.76. The maximum atomic E-state index is 11.1. The molecule has 0 bridgehead atoms. The molecule has 0 N–H and O–H groups in total. The highest BCUT2D eigenvalue weighted by Crippen LogP contribution is 2.05. The van der Waals surface area contributed by atoms with Crippen molar-refractivity contribution in [3.05, 3.63) is 0 Å². The number of likely N-dealkylation sites (N-methyl/N-ethyl adjacent to an activating group) is 1. The number of carbonyl (C=O) groups is 1. The summed E-state index contributed by atoms with van der Waals surface area (Å²) in [5.74, 6) is 0.302. The fourth-order valence-electron chi connectivity index (χ4n) is 1.06. The molecule has 0 radical (unpaired) electrons. The van der Waals surface area contributed by atoms with Gasteiger partial charge in [-0.1, -0.05) is 0 Å². The SMILES string of the molecule is CN(C)[C@@H]1COCCC1=O. The van der Waals surface area contributed by atoms with Crippen molar-refractivity contribution < 1.29 is 9.53 Å². The van der Waals surface area contributed by atoms with Gasteiger partial charge in [0.15, 0.2) is 5.78 Å². The second kappa shape index (κ2) is 3.12. The van der Waals surface area contributed by atoms with Gasteiger partial charge in [0.05, 0.1) is 19.3 Å². The van der Waals surface area contributed by atoms with Crippen LogP contribution in [0.3, 0.4) is 0 Å². The van der Waals surface area contributed by atoms with Crippen molar-refractivity contribution in [2.75, 3.05) is 27.3 Å². The van der Waals surface area contributed by atoms with E-state index in [9.17, 15) is 4.79 Å². The summed E-state index contributed by atoms with van der Waals surface area (Å²) >= 11 is 0. The first-order chi connectivity index (χ1) is 4.72. The Morgan fingerprint density at radius 2 is 2.30 bits per heavy atom. The van der Waals surface area contributed by atoms with Gasteiger partial charge in [-0.25, -0.2) is 0 Å². The molecule has 3 heteroatoms. The molecule has 3 nitrogen and oxygen atoms in total. The molecule has 0 unspecified atom stereocenters. The van der Waals surface area contributed by atoms with E-state index >= 15 is 0 Å². The van der Waals surface area contributed by atoms with Crippen molar-refractivity contribution in [3.63, 3.8) is 0 Å². The summed E-state index contributed by atoms with van der Waals surface area (Å²) in [7, 11) is 3.80. The minimum atomic E-state index is -0.00579. The summed E-state index contributed by atoms with van der Waals surface area (Å²) in [5.41, 5.74) is 0. The number of ketones is 1. The summed E-state index contributed by atoms with van der Waals surface area (Å²) in [6.07, 6.45) is 0.572. The van der Waals surface area contributed by atoms with E-state index in [0.717, 1.165) is 0 Å². The fourth-order valence-corrected chi connectivity index (χ4v) is 1.06. The predicted octanol–water partition coefficient (Wildman–Crippen LogP) is -0.0940. The highest BCUT2D eigenvalue weighted by molar-refractivity contribution is 5.84. The number of ether oxygens (including phenoxy) is 1. The number of carbonyl (C=O) groups excluding carboxylic acids is 1. The van der Waals surface area contributed by atoms with Gasteiger partial charge in [0.25, 0.3) is 0 Å². The Morgan fingerprint density at radius 3 is 2.70 bits per heavy atom. The lowest BCUT2D eigenvalue weighted by atomic mass is 10.1. The molecule has 0 aromatic heterocycles. The van der Waals surface area contributed by atoms with Crippen LogP contribution in [0.2, 0.25) is 0 Å². The molecular weight excluding hydrogens is 130 g/mol. The Bertz CT molecular complexity index is 134. The number of rotatable bonds is 1. The maximum absolute atomic E-state index is 11.1. The molecule has 0 aliphatic carbocycles. The van der Waals surface area contributed by atoms with Crippen molar-refractivity contribution in [1.29, 1.82) is 0 Å². The van der Waals surface area contributed by atoms with Crippen LogP contribution in [0.1, 0.15) is 6.42 Å². The first kappa shape index (κ1) is 7.69. The molecule has 0 aromatic rings. The van der Waals surface area contributed by atoms with E-state index in [1.165, 1.54) is 0 Å². The van der Waals surface area contributed by atoms with Crippen LogP contribution in [0.25, 0.3) is 0 Å². The molecule has 10 heavy (non-hydrogen) atoms. The number of hydrogen-bond donors (Lipinski definition) is 0. The molecule has 0 aromatic carbocycles. The maximum Gasteiger partial charge on any atom is 0.154 e. The van der Waals surface area contributed by atoms with Crippen LogP contribution in [0, 0.1) is 0 Å². The minimum absolute atomic E-state index is 0.00579. The lowest BCUT2D eigenvalue weighted by Crippen LogP contribution is -2.43. The van der Waals surface area contributed by atoms with Crippen LogP contribution < -0.4 is 0 Å². The van der Waals surface area contributed by atoms with Crippen molar-refractivity contribution in [2.24, 2.45) is 0 Å². The molecule has 1 atom stereocenters. The Labute approximate surface area is 61.0 Å². The zero-order chi connectivity index (χ0) is 7.56. The molecule has 1 saturated heterocycles. The Kier molecular flexibility index (Phi) is 2.40. The average molecular weight is 143 g/mol. The molecule has 0 amide bonds. The summed E-state index contributed by atoms with van der Waals surface area (Å²) < 4.78 is 5.15. The molecule has 1 aliphatic rings. The standard InChI is InChI=1S/C7H13NO2/c1-8(2)6-5-10-4-3-7(6)9/h6H,3-5H2,1-2H3/t6-/m1/s1. The van der Waals surface area contributed by atoms with Gasteiger partial charge >= 0.3 is 0 Å². The zero-order valence-corrected chi connectivity index (χ0v) is 6.46. The highest BCUT2D eigenvalue weighted by atomic mass is 16.5. The number of Topliss-reactive ketones (excluding diaryl/α,β-unsaturated/α-hetero) is 1. The summed E-state index contributed by atoms with van der Waals surface area (Å²) in [6.45, 7) is 1.16. The first-order valence-electron chi connectivity index (χ1n) is 3.48. The van der Waals surface area contributed by atoms with Crippen LogP contribution >= 0.6 is 0 Å². The molecular formula is C7H13NO2. The first-order valence-corrected chi connectivity index (χ1v) is 3.48. The Morgan fingerprint density at radius 1 is 1.60 bits per heavy atom. The lowest BCUT2D eigenvalue weighted by molar-refractivity contribution is -0.131. The van der Waals surface area contributed by atoms with Gasteiger partial charge in [0, 0.05) is 6.42 Å². The number of hydrogen-bond acceptors (Lipinski definition) is 3. The van der Waals surface area contributed by atoms with Crippen LogP contribution in [-0.4, -0.2) is 44.0 Å². The lowest BCUT2D eigenvalue weighted by Gasteiger charge is -2.26. The minimum Gasteiger partial charge on any atom is -0.379 e. The van der Waals surface area contributed by atoms with E-state index in [4.69, 9.17) is 4.74 Å². The van der Waals surface area contributed by atoms with E-state index < -0.39 is 0 Å². The third kappa shape index (κ3) is 1.55. The van der Waals surface area contributed by atoms with Gasteiger partial charge in [-0.15, -0.1) is 0 Å². The van der Waals surface area contributed by atoms with Gasteiger partial charge in [-0.3, -0.25) is 9.69 Å². The van der Waals surface area contributed by atoms with Crippen LogP contribution in [0.4, 0.5) is 0 Å². The topological polar surface area (TPSA) is 29.5 Å². The van der Waals surface area contributed by atoms with Crippen LogP contribution in [-0.2, 0) is 9.53 Å². The Balaban J connectivity index is 2.48. The normalized spacial score (nSPS) is 27.5. The van der Waals surface area contributed by atoms with E-state index in [1.54, 1.807) is 0 Å². The van der Waals surface area contributed by atoms with Crippen LogP contribution in [0.5, 0.6) is 0 Å². The fraction of sp³-hybridized carbons (Fsp3) is 0.857. The second-order valence-electron chi connectivity index (χ2n) is 2.77. The molecule has 1 rings (SSSR count). The average Bonchev–Trinajstić information content (AvgIpc) is 1.88. The van der Waals surface area contributed by atoms with Crippen molar-refractivity contribution in [2.45, 2.75) is 12.5 Å². The van der Waals surface area contributed by atoms with Gasteiger partial charge in [0.2, 0.25) is 0 Å². The van der Waals surface area contributed by atoms with Crippen molar-refractivity contribution in [3.8, 4) is 0 Å². The van der Waals surface area contributed by atoms with Crippen molar-refractivity contribution in [1.82, 2.24) is 4.90 Å². The quantitative estimate of drug-likeness (QED) is 0.513. The van der Waals surface area contributed by atoms with Crippen molar-refractivity contribution >= 4 is 5.78 Å². The molecule has 1 aliphatic heterocycles. The van der Waals surface area contributed by atoms with Gasteiger partial charge < -0.3 is 4.74 Å². The van der Waals surface area contributed by atoms with E-state index in [-0.39, 0.29) is 6.04 Å². The smallest absolute Gasteiger partial charge is 0.154 e. The molecule has 58 valence electrons. The summed E-state index contributed by atoms with van der Waals surface area (Å²) in [6, 6.07) is -0.00579. The molecule has 0 saturated carbocycles. The van der Waals surface area contributed by atoms with Gasteiger partial charge in [-0.05, 0) is 14.1 Å². The zero-order valence-electron chi connectivity index (χ0n) is 6.46. The van der Waals surface area contributed by atoms with Gasteiger partial charge in [-0.2, -0.15) is 0 Å². The summed E-state index contributed by atoms with van der Waals surface area (Å²) in [4.78, 5) is 13.0. The van der Waals surface area contributed by atoms with Gasteiger partial charge in [0.1, 0.15) is 0 Å². The summed E-state index contributed by atoms with van der Waals surface area (Å²) in [5, 5.41) is 0. The molecule has 1 fully saturated rings. The van der Waals surface area contributed by atoms with E-state index in [2.05, 4.69) is 0 Å². The van der Waals surface area contributed by atoms with Crippen LogP contribution in [0.15, 0.2) is 0 Å². The largest absolute Gasteiger partial charge is 0.379 e. The van der Waals surface area contributed by atoms with E-state index in [1.807, 2.05) is 19.0 Å². The monoisotopic (exact) mass is 143 g/mol. The molecule has 1 heterocycles. The molecule has 0 spiro atoms. The Hall–Kier alpha value is -0.410. The predicted molar refractivity (Wildman–Crippen MR) is 37.9 cm³/mol. The highest BCUT2D eigenvalue weighted by Gasteiger charge is 2.23. The second-order valence-corrected chi connectivity index (χ2v) is 2.77. The number of nitrogens with zero attached hydrogens (tertiary/aromatic N) is 1.